The molecule has 3 aromatic rings. The Morgan fingerprint density at radius 1 is 1.00 bits per heavy atom. The van der Waals surface area contributed by atoms with Gasteiger partial charge < -0.3 is 9.64 Å². The van der Waals surface area contributed by atoms with E-state index in [9.17, 15) is 31.1 Å². The first-order chi connectivity index (χ1) is 20.3. The molecule has 2 aromatic heterocycles. The van der Waals surface area contributed by atoms with E-state index < -0.39 is 41.7 Å². The molecule has 0 unspecified atom stereocenters. The van der Waals surface area contributed by atoms with Crippen LogP contribution in [0, 0.1) is 6.92 Å². The van der Waals surface area contributed by atoms with Crippen LogP contribution < -0.4 is 4.90 Å². The molecule has 0 bridgehead atoms. The van der Waals surface area contributed by atoms with E-state index in [2.05, 4.69) is 4.90 Å². The summed E-state index contributed by atoms with van der Waals surface area (Å²) in [5, 5.41) is 0. The third-order valence-electron chi connectivity index (χ3n) is 8.27. The van der Waals surface area contributed by atoms with Crippen LogP contribution in [0.3, 0.4) is 0 Å². The number of amides is 1. The Labute approximate surface area is 250 Å². The van der Waals surface area contributed by atoms with Gasteiger partial charge in [-0.15, -0.1) is 11.3 Å². The molecule has 5 rings (SSSR count). The molecular weight excluding hydrogens is 592 g/mol. The van der Waals surface area contributed by atoms with Gasteiger partial charge in [0.05, 0.1) is 23.7 Å². The van der Waals surface area contributed by atoms with Crippen LogP contribution in [0.2, 0.25) is 0 Å². The third kappa shape index (κ3) is 6.63. The highest BCUT2D eigenvalue weighted by Gasteiger charge is 2.43. The van der Waals surface area contributed by atoms with Crippen molar-refractivity contribution in [2.45, 2.75) is 90.0 Å². The van der Waals surface area contributed by atoms with Crippen LogP contribution in [-0.4, -0.2) is 34.6 Å². The standard InChI is InChI=1S/C31H33F6N3O2S/c1-4-39(25-8-6-5-7-9-25)28-22(12-21(16-38-28)26-11-10-18(2)43-26)17-40-19(3)27(42-29(40)41)20-13-23(30(32,33)34)15-24(14-20)31(35,36)37/h10-16,19,25,27H,4-9,17H2,1-3H3/t19-,27-/m0/s1. The Bertz CT molecular complexity index is 1430. The van der Waals surface area contributed by atoms with E-state index in [1.807, 2.05) is 38.2 Å². The van der Waals surface area contributed by atoms with Gasteiger partial charge in [0.2, 0.25) is 0 Å². The van der Waals surface area contributed by atoms with Crippen molar-refractivity contribution in [1.82, 2.24) is 9.88 Å². The van der Waals surface area contributed by atoms with E-state index >= 15 is 0 Å². The zero-order chi connectivity index (χ0) is 31.1. The summed E-state index contributed by atoms with van der Waals surface area (Å²) in [7, 11) is 0. The van der Waals surface area contributed by atoms with Gasteiger partial charge in [-0.2, -0.15) is 26.3 Å². The maximum absolute atomic E-state index is 13.6. The Morgan fingerprint density at radius 2 is 1.65 bits per heavy atom. The summed E-state index contributed by atoms with van der Waals surface area (Å²) in [6.45, 7) is 6.34. The number of nitrogens with zero attached hydrogens (tertiary/aromatic N) is 3. The second-order valence-corrected chi connectivity index (χ2v) is 12.5. The zero-order valence-corrected chi connectivity index (χ0v) is 24.9. The smallest absolute Gasteiger partial charge is 0.416 e. The van der Waals surface area contributed by atoms with E-state index in [-0.39, 0.29) is 24.2 Å². The van der Waals surface area contributed by atoms with Crippen LogP contribution in [0.4, 0.5) is 37.0 Å². The zero-order valence-electron chi connectivity index (χ0n) is 24.1. The highest BCUT2D eigenvalue weighted by Crippen LogP contribution is 2.42. The molecule has 0 radical (unpaired) electrons. The Kier molecular flexibility index (Phi) is 8.70. The summed E-state index contributed by atoms with van der Waals surface area (Å²) in [4.78, 5) is 23.8. The predicted octanol–water partition coefficient (Wildman–Crippen LogP) is 9.40. The van der Waals surface area contributed by atoms with E-state index in [0.717, 1.165) is 46.6 Å². The summed E-state index contributed by atoms with van der Waals surface area (Å²) in [5.41, 5.74) is -1.66. The molecule has 2 fully saturated rings. The van der Waals surface area contributed by atoms with E-state index in [1.54, 1.807) is 18.3 Å². The first-order valence-corrected chi connectivity index (χ1v) is 15.2. The average molecular weight is 626 g/mol. The molecule has 1 amide bonds. The molecule has 1 saturated carbocycles. The minimum absolute atomic E-state index is 0.0331. The van der Waals surface area contributed by atoms with Gasteiger partial charge in [0.15, 0.2) is 0 Å². The first-order valence-electron chi connectivity index (χ1n) is 14.3. The largest absolute Gasteiger partial charge is 0.439 e. The van der Waals surface area contributed by atoms with Gasteiger partial charge in [-0.3, -0.25) is 4.90 Å². The van der Waals surface area contributed by atoms with Crippen molar-refractivity contribution in [3.8, 4) is 10.4 Å². The molecule has 3 heterocycles. The Balaban J connectivity index is 1.51. The summed E-state index contributed by atoms with van der Waals surface area (Å²) < 4.78 is 86.8. The molecule has 1 aliphatic heterocycles. The molecule has 0 N–H and O–H groups in total. The van der Waals surface area contributed by atoms with E-state index in [0.29, 0.717) is 24.5 Å². The number of pyridine rings is 1. The van der Waals surface area contributed by atoms with Crippen molar-refractivity contribution in [2.75, 3.05) is 11.4 Å². The SMILES string of the molecule is CCN(c1ncc(-c2ccc(C)s2)cc1CN1C(=O)O[C@H](c2cc(C(F)(F)F)cc(C(F)(F)F)c2)[C@@H]1C)C1CCCCC1. The van der Waals surface area contributed by atoms with Gasteiger partial charge in [-0.05, 0) is 75.6 Å². The number of carbonyl (C=O) groups excluding carboxylic acids is 1. The quantitative estimate of drug-likeness (QED) is 0.246. The first kappa shape index (κ1) is 31.2. The van der Waals surface area contributed by atoms with Crippen LogP contribution in [0.25, 0.3) is 10.4 Å². The summed E-state index contributed by atoms with van der Waals surface area (Å²) >= 11 is 1.60. The molecule has 43 heavy (non-hydrogen) atoms. The van der Waals surface area contributed by atoms with Gasteiger partial charge in [0, 0.05) is 39.7 Å². The second-order valence-electron chi connectivity index (χ2n) is 11.2. The number of alkyl halides is 6. The molecule has 1 saturated heterocycles. The van der Waals surface area contributed by atoms with Crippen LogP contribution in [0.5, 0.6) is 0 Å². The minimum atomic E-state index is -5.01. The lowest BCUT2D eigenvalue weighted by Crippen LogP contribution is -2.39. The van der Waals surface area contributed by atoms with Gasteiger partial charge in [-0.25, -0.2) is 9.78 Å². The van der Waals surface area contributed by atoms with E-state index in [4.69, 9.17) is 9.72 Å². The number of hydrogen-bond donors (Lipinski definition) is 0. The van der Waals surface area contributed by atoms with Crippen molar-refractivity contribution < 1.29 is 35.9 Å². The number of cyclic esters (lactones) is 1. The molecule has 0 spiro atoms. The number of aryl methyl sites for hydroxylation is 1. The molecule has 1 aromatic carbocycles. The predicted molar refractivity (Wildman–Crippen MR) is 153 cm³/mol. The highest BCUT2D eigenvalue weighted by molar-refractivity contribution is 7.15. The fraction of sp³-hybridized carbons (Fsp3) is 0.484. The van der Waals surface area contributed by atoms with Crippen molar-refractivity contribution in [3.05, 3.63) is 69.7 Å². The lowest BCUT2D eigenvalue weighted by atomic mass is 9.93. The van der Waals surface area contributed by atoms with Gasteiger partial charge in [0.1, 0.15) is 11.9 Å². The lowest BCUT2D eigenvalue weighted by molar-refractivity contribution is -0.143. The third-order valence-corrected chi connectivity index (χ3v) is 9.32. The molecule has 5 nitrogen and oxygen atoms in total. The molecule has 2 aliphatic rings. The number of aromatic nitrogens is 1. The second kappa shape index (κ2) is 12.0. The van der Waals surface area contributed by atoms with Gasteiger partial charge in [0.25, 0.3) is 0 Å². The molecule has 232 valence electrons. The van der Waals surface area contributed by atoms with Gasteiger partial charge >= 0.3 is 18.4 Å². The normalized spacial score (nSPS) is 20.0. The van der Waals surface area contributed by atoms with Crippen molar-refractivity contribution in [3.63, 3.8) is 0 Å². The van der Waals surface area contributed by atoms with Crippen LogP contribution >= 0.6 is 11.3 Å². The van der Waals surface area contributed by atoms with Gasteiger partial charge in [-0.1, -0.05) is 19.3 Å². The average Bonchev–Trinajstić information content (AvgIpc) is 3.52. The highest BCUT2D eigenvalue weighted by atomic mass is 32.1. The fourth-order valence-corrected chi connectivity index (χ4v) is 6.91. The topological polar surface area (TPSA) is 45.7 Å². The lowest BCUT2D eigenvalue weighted by Gasteiger charge is -2.36. The monoisotopic (exact) mass is 625 g/mol. The number of benzene rings is 1. The fourth-order valence-electron chi connectivity index (χ4n) is 6.06. The molecule has 12 heteroatoms. The Hall–Kier alpha value is -3.28. The van der Waals surface area contributed by atoms with E-state index in [1.165, 1.54) is 11.3 Å². The minimum Gasteiger partial charge on any atom is -0.439 e. The summed E-state index contributed by atoms with van der Waals surface area (Å²) in [6.07, 6.45) is -4.92. The Morgan fingerprint density at radius 3 is 2.21 bits per heavy atom. The van der Waals surface area contributed by atoms with Crippen molar-refractivity contribution in [2.24, 2.45) is 0 Å². The molecule has 1 aliphatic carbocycles. The number of halogens is 6. The molecular formula is C31H33F6N3O2S. The van der Waals surface area contributed by atoms with Crippen LogP contribution in [0.1, 0.15) is 79.2 Å². The van der Waals surface area contributed by atoms with Crippen LogP contribution in [0.15, 0.2) is 42.6 Å². The summed E-state index contributed by atoms with van der Waals surface area (Å²) in [6, 6.07) is 6.73. The summed E-state index contributed by atoms with van der Waals surface area (Å²) in [5.74, 6) is 0.716. The number of carbonyl (C=O) groups is 1. The maximum atomic E-state index is 13.6. The number of hydrogen-bond acceptors (Lipinski definition) is 5. The van der Waals surface area contributed by atoms with Crippen molar-refractivity contribution in [1.29, 1.82) is 0 Å². The number of ether oxygens (including phenoxy) is 1. The van der Waals surface area contributed by atoms with Crippen LogP contribution in [-0.2, 0) is 23.6 Å². The molecule has 2 atom stereocenters. The number of rotatable bonds is 7. The number of anilines is 1. The van der Waals surface area contributed by atoms with Crippen molar-refractivity contribution >= 4 is 23.2 Å². The maximum Gasteiger partial charge on any atom is 0.416 e. The number of thiophene rings is 1.